The molecule has 0 spiro atoms. The van der Waals surface area contributed by atoms with Gasteiger partial charge >= 0.3 is 0 Å². The van der Waals surface area contributed by atoms with Gasteiger partial charge in [-0.15, -0.1) is 0 Å². The summed E-state index contributed by atoms with van der Waals surface area (Å²) in [6.07, 6.45) is 2.35. The molecule has 0 bridgehead atoms. The second-order valence-electron chi connectivity index (χ2n) is 6.24. The minimum atomic E-state index is -0.178. The lowest BCUT2D eigenvalue weighted by Crippen LogP contribution is -2.28. The summed E-state index contributed by atoms with van der Waals surface area (Å²) in [5, 5.41) is 7.99. The number of nitrogens with one attached hydrogen (secondary N) is 1. The largest absolute Gasteiger partial charge is 0.372 e. The van der Waals surface area contributed by atoms with E-state index in [4.69, 9.17) is 5.41 Å². The lowest BCUT2D eigenvalue weighted by Gasteiger charge is -2.29. The molecule has 1 aromatic carbocycles. The molecule has 20 heavy (non-hydrogen) atoms. The minimum absolute atomic E-state index is 0.178. The molecule has 1 N–H and O–H groups in total. The highest BCUT2D eigenvalue weighted by molar-refractivity contribution is 5.90. The van der Waals surface area contributed by atoms with Gasteiger partial charge in [0.25, 0.3) is 0 Å². The molecule has 0 aliphatic carbocycles. The van der Waals surface area contributed by atoms with Crippen LogP contribution in [0.25, 0.3) is 0 Å². The number of rotatable bonds is 7. The number of hydrogen-bond donors (Lipinski definition) is 1. The zero-order chi connectivity index (χ0) is 15.3. The zero-order valence-electron chi connectivity index (χ0n) is 14.0. The van der Waals surface area contributed by atoms with E-state index in [0.29, 0.717) is 5.71 Å². The molecule has 0 amide bonds. The van der Waals surface area contributed by atoms with Crippen LogP contribution in [0.2, 0.25) is 0 Å². The first kappa shape index (κ1) is 16.7. The topological polar surface area (TPSA) is 27.1 Å². The second kappa shape index (κ2) is 6.92. The van der Waals surface area contributed by atoms with E-state index in [1.54, 1.807) is 0 Å². The van der Waals surface area contributed by atoms with E-state index >= 15 is 0 Å². The highest BCUT2D eigenvalue weighted by Crippen LogP contribution is 2.30. The SMILES string of the molecule is CCCN(CCC)c1ccc(C(C)(C)C(C)=N)c(C)c1. The van der Waals surface area contributed by atoms with Crippen molar-refractivity contribution >= 4 is 11.4 Å². The van der Waals surface area contributed by atoms with Crippen molar-refractivity contribution in [2.24, 2.45) is 0 Å². The third-order valence-electron chi connectivity index (χ3n) is 4.17. The number of nitrogens with zero attached hydrogens (tertiary/aromatic N) is 1. The molecular weight excluding hydrogens is 244 g/mol. The Hall–Kier alpha value is -1.31. The summed E-state index contributed by atoms with van der Waals surface area (Å²) in [6.45, 7) is 15.0. The minimum Gasteiger partial charge on any atom is -0.372 e. The van der Waals surface area contributed by atoms with Gasteiger partial charge in [-0.3, -0.25) is 0 Å². The number of anilines is 1. The van der Waals surface area contributed by atoms with Gasteiger partial charge in [-0.25, -0.2) is 0 Å². The fraction of sp³-hybridized carbons (Fsp3) is 0.611. The van der Waals surface area contributed by atoms with Gasteiger partial charge in [-0.05, 0) is 49.9 Å². The molecule has 112 valence electrons. The van der Waals surface area contributed by atoms with Gasteiger partial charge in [0, 0.05) is 29.9 Å². The molecule has 0 atom stereocenters. The summed E-state index contributed by atoms with van der Waals surface area (Å²) in [4.78, 5) is 2.46. The van der Waals surface area contributed by atoms with Crippen molar-refractivity contribution in [3.05, 3.63) is 29.3 Å². The molecule has 0 radical (unpaired) electrons. The highest BCUT2D eigenvalue weighted by atomic mass is 15.1. The molecule has 0 heterocycles. The van der Waals surface area contributed by atoms with E-state index in [2.05, 4.69) is 57.7 Å². The van der Waals surface area contributed by atoms with E-state index in [-0.39, 0.29) is 5.41 Å². The van der Waals surface area contributed by atoms with Crippen molar-refractivity contribution in [3.8, 4) is 0 Å². The molecule has 1 aromatic rings. The average molecular weight is 274 g/mol. The monoisotopic (exact) mass is 274 g/mol. The van der Waals surface area contributed by atoms with Crippen LogP contribution in [0.4, 0.5) is 5.69 Å². The molecule has 2 nitrogen and oxygen atoms in total. The van der Waals surface area contributed by atoms with Gasteiger partial charge in [0.2, 0.25) is 0 Å². The number of aryl methyl sites for hydroxylation is 1. The zero-order valence-corrected chi connectivity index (χ0v) is 14.0. The Labute approximate surface area is 124 Å². The van der Waals surface area contributed by atoms with Crippen molar-refractivity contribution in [3.63, 3.8) is 0 Å². The summed E-state index contributed by atoms with van der Waals surface area (Å²) in [5.41, 5.74) is 4.40. The predicted molar refractivity (Wildman–Crippen MR) is 90.4 cm³/mol. The Balaban J connectivity index is 3.12. The maximum absolute atomic E-state index is 7.99. The van der Waals surface area contributed by atoms with E-state index in [1.165, 1.54) is 29.7 Å². The van der Waals surface area contributed by atoms with Crippen LogP contribution in [-0.4, -0.2) is 18.8 Å². The first-order valence-electron chi connectivity index (χ1n) is 7.76. The van der Waals surface area contributed by atoms with E-state index in [1.807, 2.05) is 6.92 Å². The quantitative estimate of drug-likeness (QED) is 0.701. The van der Waals surface area contributed by atoms with E-state index < -0.39 is 0 Å². The van der Waals surface area contributed by atoms with Crippen LogP contribution in [-0.2, 0) is 5.41 Å². The Kier molecular flexibility index (Phi) is 5.79. The van der Waals surface area contributed by atoms with Gasteiger partial charge in [-0.1, -0.05) is 33.8 Å². The molecule has 0 saturated carbocycles. The summed E-state index contributed by atoms with van der Waals surface area (Å²) in [6, 6.07) is 6.71. The summed E-state index contributed by atoms with van der Waals surface area (Å²) in [5.74, 6) is 0. The van der Waals surface area contributed by atoms with Crippen molar-refractivity contribution < 1.29 is 0 Å². The molecule has 0 aliphatic rings. The molecule has 0 aliphatic heterocycles. The maximum Gasteiger partial charge on any atom is 0.0369 e. The maximum atomic E-state index is 7.99. The normalized spacial score (nSPS) is 11.5. The van der Waals surface area contributed by atoms with Crippen LogP contribution in [0.1, 0.15) is 58.6 Å². The van der Waals surface area contributed by atoms with Crippen molar-refractivity contribution in [2.45, 2.75) is 59.8 Å². The van der Waals surface area contributed by atoms with E-state index in [9.17, 15) is 0 Å². The van der Waals surface area contributed by atoms with Crippen molar-refractivity contribution in [1.29, 1.82) is 5.41 Å². The molecule has 0 saturated heterocycles. The van der Waals surface area contributed by atoms with Crippen LogP contribution in [0.5, 0.6) is 0 Å². The van der Waals surface area contributed by atoms with Crippen LogP contribution in [0.3, 0.4) is 0 Å². The molecule has 0 aromatic heterocycles. The Morgan fingerprint density at radius 2 is 1.70 bits per heavy atom. The molecule has 0 unspecified atom stereocenters. The summed E-state index contributed by atoms with van der Waals surface area (Å²) < 4.78 is 0. The number of benzene rings is 1. The van der Waals surface area contributed by atoms with Gasteiger partial charge in [0.15, 0.2) is 0 Å². The van der Waals surface area contributed by atoms with Crippen LogP contribution in [0.15, 0.2) is 18.2 Å². The molecule has 0 fully saturated rings. The molecular formula is C18H30N2. The predicted octanol–water partition coefficient (Wildman–Crippen LogP) is 4.94. The van der Waals surface area contributed by atoms with Crippen LogP contribution < -0.4 is 4.90 Å². The first-order chi connectivity index (χ1) is 9.34. The third-order valence-corrected chi connectivity index (χ3v) is 4.17. The fourth-order valence-electron chi connectivity index (χ4n) is 2.66. The lowest BCUT2D eigenvalue weighted by atomic mass is 9.78. The standard InChI is InChI=1S/C18H30N2/c1-7-11-20(12-8-2)16-9-10-17(14(3)13-16)18(5,6)15(4)19/h9-10,13,19H,7-8,11-12H2,1-6H3. The van der Waals surface area contributed by atoms with Gasteiger partial charge < -0.3 is 10.3 Å². The summed E-state index contributed by atoms with van der Waals surface area (Å²) in [7, 11) is 0. The summed E-state index contributed by atoms with van der Waals surface area (Å²) >= 11 is 0. The number of hydrogen-bond acceptors (Lipinski definition) is 2. The Bertz CT molecular complexity index is 454. The Morgan fingerprint density at radius 1 is 1.15 bits per heavy atom. The third kappa shape index (κ3) is 3.62. The van der Waals surface area contributed by atoms with Gasteiger partial charge in [-0.2, -0.15) is 0 Å². The fourth-order valence-corrected chi connectivity index (χ4v) is 2.66. The van der Waals surface area contributed by atoms with Crippen molar-refractivity contribution in [1.82, 2.24) is 0 Å². The second-order valence-corrected chi connectivity index (χ2v) is 6.24. The smallest absolute Gasteiger partial charge is 0.0369 e. The van der Waals surface area contributed by atoms with Gasteiger partial charge in [0.1, 0.15) is 0 Å². The average Bonchev–Trinajstić information content (AvgIpc) is 2.37. The van der Waals surface area contributed by atoms with Crippen LogP contribution >= 0.6 is 0 Å². The van der Waals surface area contributed by atoms with Crippen molar-refractivity contribution in [2.75, 3.05) is 18.0 Å². The van der Waals surface area contributed by atoms with Gasteiger partial charge in [0.05, 0.1) is 0 Å². The van der Waals surface area contributed by atoms with Crippen LogP contribution in [0, 0.1) is 12.3 Å². The highest BCUT2D eigenvalue weighted by Gasteiger charge is 2.25. The Morgan fingerprint density at radius 3 is 2.10 bits per heavy atom. The first-order valence-corrected chi connectivity index (χ1v) is 7.76. The van der Waals surface area contributed by atoms with E-state index in [0.717, 1.165) is 13.1 Å². The molecule has 1 rings (SSSR count). The molecule has 2 heteroatoms. The lowest BCUT2D eigenvalue weighted by molar-refractivity contribution is 0.700.